The summed E-state index contributed by atoms with van der Waals surface area (Å²) in [5.74, 6) is -0.217. The van der Waals surface area contributed by atoms with Crippen LogP contribution in [0.3, 0.4) is 0 Å². The molecule has 1 amide bonds. The summed E-state index contributed by atoms with van der Waals surface area (Å²) in [6.07, 6.45) is 2.23. The number of likely N-dealkylation sites (N-methyl/N-ethyl adjacent to an activating group) is 1. The van der Waals surface area contributed by atoms with Gasteiger partial charge in [0.15, 0.2) is 0 Å². The second-order valence-corrected chi connectivity index (χ2v) is 3.89. The molecule has 0 aromatic carbocycles. The van der Waals surface area contributed by atoms with Gasteiger partial charge in [-0.05, 0) is 39.4 Å². The number of piperidine rings is 1. The van der Waals surface area contributed by atoms with E-state index in [4.69, 9.17) is 5.73 Å². The number of nitrogens with zero attached hydrogens (tertiary/aromatic N) is 1. The molecular formula is C10H21N3O. The molecule has 1 aliphatic rings. The minimum Gasteiger partial charge on any atom is -0.368 e. The van der Waals surface area contributed by atoms with Crippen LogP contribution in [0.15, 0.2) is 0 Å². The molecule has 4 heteroatoms. The number of nitrogens with two attached hydrogens (primary N) is 1. The van der Waals surface area contributed by atoms with Crippen LogP contribution in [0.4, 0.5) is 0 Å². The predicted molar refractivity (Wildman–Crippen MR) is 56.9 cm³/mol. The molecule has 0 spiro atoms. The van der Waals surface area contributed by atoms with Gasteiger partial charge in [-0.25, -0.2) is 0 Å². The summed E-state index contributed by atoms with van der Waals surface area (Å²) in [5.41, 5.74) is 5.32. The van der Waals surface area contributed by atoms with Crippen LogP contribution in [0.1, 0.15) is 26.7 Å². The Morgan fingerprint density at radius 2 is 2.14 bits per heavy atom. The summed E-state index contributed by atoms with van der Waals surface area (Å²) in [6, 6.07) is 0.381. The molecule has 0 saturated carbocycles. The minimum absolute atomic E-state index is 0.136. The van der Waals surface area contributed by atoms with Crippen LogP contribution in [0, 0.1) is 0 Å². The van der Waals surface area contributed by atoms with Crippen molar-refractivity contribution in [3.8, 4) is 0 Å². The van der Waals surface area contributed by atoms with Crippen molar-refractivity contribution < 1.29 is 4.79 Å². The number of rotatable bonds is 4. The maximum absolute atomic E-state index is 11.1. The molecule has 1 atom stereocenters. The first-order chi connectivity index (χ1) is 6.66. The molecule has 14 heavy (non-hydrogen) atoms. The Balaban J connectivity index is 2.55. The average Bonchev–Trinajstić information content (AvgIpc) is 2.20. The first kappa shape index (κ1) is 11.5. The third-order valence-electron chi connectivity index (χ3n) is 3.05. The summed E-state index contributed by atoms with van der Waals surface area (Å²) in [4.78, 5) is 13.3. The van der Waals surface area contributed by atoms with E-state index in [0.29, 0.717) is 6.04 Å². The molecule has 1 rings (SSSR count). The normalized spacial score (nSPS) is 21.1. The van der Waals surface area contributed by atoms with E-state index in [1.807, 2.05) is 6.92 Å². The van der Waals surface area contributed by atoms with Gasteiger partial charge in [0.25, 0.3) is 0 Å². The maximum Gasteiger partial charge on any atom is 0.234 e. The van der Waals surface area contributed by atoms with Gasteiger partial charge in [0.2, 0.25) is 5.91 Å². The smallest absolute Gasteiger partial charge is 0.234 e. The fourth-order valence-electron chi connectivity index (χ4n) is 2.15. The molecule has 0 aromatic heterocycles. The van der Waals surface area contributed by atoms with Crippen molar-refractivity contribution in [3.63, 3.8) is 0 Å². The molecule has 1 heterocycles. The van der Waals surface area contributed by atoms with E-state index in [9.17, 15) is 4.79 Å². The second-order valence-electron chi connectivity index (χ2n) is 3.89. The van der Waals surface area contributed by atoms with Crippen LogP contribution in [0.2, 0.25) is 0 Å². The van der Waals surface area contributed by atoms with E-state index in [-0.39, 0.29) is 11.9 Å². The SMILES string of the molecule is CCN(C1CCNCC1)C(C)C(N)=O. The van der Waals surface area contributed by atoms with Gasteiger partial charge in [-0.2, -0.15) is 0 Å². The van der Waals surface area contributed by atoms with Gasteiger partial charge in [0, 0.05) is 6.04 Å². The molecule has 82 valence electrons. The van der Waals surface area contributed by atoms with Crippen LogP contribution in [-0.2, 0) is 4.79 Å². The van der Waals surface area contributed by atoms with Gasteiger partial charge in [0.05, 0.1) is 6.04 Å². The largest absolute Gasteiger partial charge is 0.368 e. The van der Waals surface area contributed by atoms with Crippen molar-refractivity contribution in [2.45, 2.75) is 38.8 Å². The Hall–Kier alpha value is -0.610. The van der Waals surface area contributed by atoms with Crippen LogP contribution in [0.25, 0.3) is 0 Å². The minimum atomic E-state index is -0.217. The van der Waals surface area contributed by atoms with E-state index in [2.05, 4.69) is 17.1 Å². The Morgan fingerprint density at radius 1 is 1.57 bits per heavy atom. The van der Waals surface area contributed by atoms with Crippen molar-refractivity contribution in [1.82, 2.24) is 10.2 Å². The van der Waals surface area contributed by atoms with E-state index in [1.165, 1.54) is 0 Å². The average molecular weight is 199 g/mol. The quantitative estimate of drug-likeness (QED) is 0.666. The Morgan fingerprint density at radius 3 is 2.57 bits per heavy atom. The Kier molecular flexibility index (Phi) is 4.35. The summed E-state index contributed by atoms with van der Waals surface area (Å²) < 4.78 is 0. The predicted octanol–water partition coefficient (Wildman–Crippen LogP) is -0.0659. The lowest BCUT2D eigenvalue weighted by molar-refractivity contribution is -0.123. The van der Waals surface area contributed by atoms with Crippen molar-refractivity contribution in [3.05, 3.63) is 0 Å². The third-order valence-corrected chi connectivity index (χ3v) is 3.05. The lowest BCUT2D eigenvalue weighted by Gasteiger charge is -2.36. The molecule has 1 aliphatic heterocycles. The first-order valence-electron chi connectivity index (χ1n) is 5.42. The third kappa shape index (κ3) is 2.69. The highest BCUT2D eigenvalue weighted by Gasteiger charge is 2.26. The molecule has 1 fully saturated rings. The van der Waals surface area contributed by atoms with E-state index >= 15 is 0 Å². The van der Waals surface area contributed by atoms with Gasteiger partial charge in [-0.1, -0.05) is 6.92 Å². The molecule has 4 nitrogen and oxygen atoms in total. The highest BCUT2D eigenvalue weighted by Crippen LogP contribution is 2.14. The summed E-state index contributed by atoms with van der Waals surface area (Å²) >= 11 is 0. The number of carbonyl (C=O) groups excluding carboxylic acids is 1. The number of nitrogens with one attached hydrogen (secondary N) is 1. The highest BCUT2D eigenvalue weighted by molar-refractivity contribution is 5.79. The number of hydrogen-bond acceptors (Lipinski definition) is 3. The summed E-state index contributed by atoms with van der Waals surface area (Å²) in [6.45, 7) is 6.98. The summed E-state index contributed by atoms with van der Waals surface area (Å²) in [7, 11) is 0. The lowest BCUT2D eigenvalue weighted by atomic mass is 10.0. The molecule has 1 unspecified atom stereocenters. The first-order valence-corrected chi connectivity index (χ1v) is 5.42. The van der Waals surface area contributed by atoms with Crippen molar-refractivity contribution >= 4 is 5.91 Å². The number of hydrogen-bond donors (Lipinski definition) is 2. The number of primary amides is 1. The van der Waals surface area contributed by atoms with Crippen LogP contribution < -0.4 is 11.1 Å². The van der Waals surface area contributed by atoms with E-state index < -0.39 is 0 Å². The fourth-order valence-corrected chi connectivity index (χ4v) is 2.15. The van der Waals surface area contributed by atoms with Gasteiger partial charge in [0.1, 0.15) is 0 Å². The zero-order valence-electron chi connectivity index (χ0n) is 9.12. The van der Waals surface area contributed by atoms with Crippen LogP contribution in [-0.4, -0.2) is 42.5 Å². The topological polar surface area (TPSA) is 58.4 Å². The van der Waals surface area contributed by atoms with Gasteiger partial charge in [-0.3, -0.25) is 9.69 Å². The molecule has 1 saturated heterocycles. The Labute approximate surface area is 85.8 Å². The zero-order chi connectivity index (χ0) is 10.6. The van der Waals surface area contributed by atoms with E-state index in [1.54, 1.807) is 0 Å². The zero-order valence-corrected chi connectivity index (χ0v) is 9.12. The molecule has 0 bridgehead atoms. The standard InChI is InChI=1S/C10H21N3O/c1-3-13(8(2)10(11)14)9-4-6-12-7-5-9/h8-9,12H,3-7H2,1-2H3,(H2,11,14). The highest BCUT2D eigenvalue weighted by atomic mass is 16.1. The lowest BCUT2D eigenvalue weighted by Crippen LogP contribution is -2.51. The Bertz CT molecular complexity index is 190. The maximum atomic E-state index is 11.1. The summed E-state index contributed by atoms with van der Waals surface area (Å²) in [5, 5.41) is 3.32. The van der Waals surface area contributed by atoms with Crippen LogP contribution >= 0.6 is 0 Å². The molecule has 3 N–H and O–H groups in total. The second kappa shape index (κ2) is 5.32. The number of carbonyl (C=O) groups is 1. The van der Waals surface area contributed by atoms with Crippen LogP contribution in [0.5, 0.6) is 0 Å². The molecule has 0 aromatic rings. The molecule has 0 aliphatic carbocycles. The van der Waals surface area contributed by atoms with Gasteiger partial charge >= 0.3 is 0 Å². The monoisotopic (exact) mass is 199 g/mol. The molecule has 0 radical (unpaired) electrons. The van der Waals surface area contributed by atoms with Crippen molar-refractivity contribution in [2.75, 3.05) is 19.6 Å². The van der Waals surface area contributed by atoms with Gasteiger partial charge in [-0.15, -0.1) is 0 Å². The van der Waals surface area contributed by atoms with Crippen molar-refractivity contribution in [2.24, 2.45) is 5.73 Å². The van der Waals surface area contributed by atoms with Crippen molar-refractivity contribution in [1.29, 1.82) is 0 Å². The van der Waals surface area contributed by atoms with E-state index in [0.717, 1.165) is 32.5 Å². The number of amides is 1. The van der Waals surface area contributed by atoms with Gasteiger partial charge < -0.3 is 11.1 Å². The molecular weight excluding hydrogens is 178 g/mol. The fraction of sp³-hybridized carbons (Fsp3) is 0.900.